The van der Waals surface area contributed by atoms with E-state index in [-0.39, 0.29) is 0 Å². The number of hydrogen-bond donors (Lipinski definition) is 0. The zero-order valence-corrected chi connectivity index (χ0v) is 17.2. The summed E-state index contributed by atoms with van der Waals surface area (Å²) >= 11 is 13.0. The summed E-state index contributed by atoms with van der Waals surface area (Å²) in [5, 5.41) is 1.62. The molecule has 2 nitrogen and oxygen atoms in total. The fraction of sp³-hybridized carbons (Fsp3) is 0.429. The van der Waals surface area contributed by atoms with Gasteiger partial charge in [0.05, 0.1) is 21.4 Å². The number of halogens is 2. The minimum atomic E-state index is 0.812. The second kappa shape index (κ2) is 9.35. The minimum absolute atomic E-state index is 0.812. The van der Waals surface area contributed by atoms with Crippen molar-refractivity contribution >= 4 is 34.6 Å². The van der Waals surface area contributed by atoms with Gasteiger partial charge in [-0.2, -0.15) is 0 Å². The van der Waals surface area contributed by atoms with E-state index in [1.165, 1.54) is 11.1 Å². The average Bonchev–Trinajstić information content (AvgIpc) is 2.60. The van der Waals surface area contributed by atoms with E-state index in [0.29, 0.717) is 0 Å². The topological polar surface area (TPSA) is 6.48 Å². The first-order valence-electron chi connectivity index (χ1n) is 9.10. The molecule has 0 amide bonds. The molecular formula is C21H28Cl2N2. The highest BCUT2D eigenvalue weighted by Gasteiger charge is 2.10. The van der Waals surface area contributed by atoms with Crippen LogP contribution in [-0.2, 0) is 6.42 Å². The van der Waals surface area contributed by atoms with E-state index in [9.17, 15) is 0 Å². The lowest BCUT2D eigenvalue weighted by Crippen LogP contribution is -2.22. The Kier molecular flexibility index (Phi) is 7.46. The summed E-state index contributed by atoms with van der Waals surface area (Å²) in [5.41, 5.74) is 4.61. The van der Waals surface area contributed by atoms with Crippen LogP contribution in [0, 0.1) is 0 Å². The van der Waals surface area contributed by atoms with Crippen molar-refractivity contribution in [2.75, 3.05) is 36.0 Å². The van der Waals surface area contributed by atoms with Gasteiger partial charge in [-0.3, -0.25) is 0 Å². The Labute approximate surface area is 162 Å². The smallest absolute Gasteiger partial charge is 0.0642 e. The van der Waals surface area contributed by atoms with Gasteiger partial charge in [-0.15, -0.1) is 0 Å². The number of anilines is 2. The molecule has 4 heteroatoms. The van der Waals surface area contributed by atoms with Gasteiger partial charge in [0.2, 0.25) is 0 Å². The fourth-order valence-corrected chi connectivity index (χ4v) is 3.84. The molecular weight excluding hydrogens is 351 g/mol. The van der Waals surface area contributed by atoms with E-state index < -0.39 is 0 Å². The van der Waals surface area contributed by atoms with Crippen LogP contribution in [0.2, 0.25) is 10.0 Å². The maximum Gasteiger partial charge on any atom is 0.0642 e. The van der Waals surface area contributed by atoms with Crippen molar-refractivity contribution in [2.24, 2.45) is 0 Å². The summed E-state index contributed by atoms with van der Waals surface area (Å²) in [6.45, 7) is 12.4. The third kappa shape index (κ3) is 4.83. The van der Waals surface area contributed by atoms with Gasteiger partial charge in [-0.25, -0.2) is 0 Å². The van der Waals surface area contributed by atoms with Gasteiger partial charge in [0.1, 0.15) is 0 Å². The Bertz CT molecular complexity index is 633. The van der Waals surface area contributed by atoms with Crippen LogP contribution in [-0.4, -0.2) is 26.2 Å². The summed E-state index contributed by atoms with van der Waals surface area (Å²) in [5.74, 6) is 0. The largest absolute Gasteiger partial charge is 0.371 e. The van der Waals surface area contributed by atoms with Gasteiger partial charge in [-0.1, -0.05) is 35.3 Å². The molecule has 2 aromatic rings. The summed E-state index contributed by atoms with van der Waals surface area (Å²) in [7, 11) is 0. The quantitative estimate of drug-likeness (QED) is 0.533. The van der Waals surface area contributed by atoms with Gasteiger partial charge in [0, 0.05) is 26.2 Å². The van der Waals surface area contributed by atoms with Crippen molar-refractivity contribution in [1.29, 1.82) is 0 Å². The first-order valence-corrected chi connectivity index (χ1v) is 9.86. The molecule has 0 radical (unpaired) electrons. The first kappa shape index (κ1) is 19.9. The monoisotopic (exact) mass is 378 g/mol. The molecule has 0 heterocycles. The normalized spacial score (nSPS) is 10.8. The Morgan fingerprint density at radius 3 is 1.28 bits per heavy atom. The Morgan fingerprint density at radius 1 is 0.640 bits per heavy atom. The predicted octanol–water partition coefficient (Wildman–Crippen LogP) is 6.28. The van der Waals surface area contributed by atoms with E-state index in [2.05, 4.69) is 73.9 Å². The van der Waals surface area contributed by atoms with E-state index in [1.54, 1.807) is 0 Å². The lowest BCUT2D eigenvalue weighted by atomic mass is 10.0. The van der Waals surface area contributed by atoms with Crippen molar-refractivity contribution in [2.45, 2.75) is 34.1 Å². The summed E-state index contributed by atoms with van der Waals surface area (Å²) in [6, 6.07) is 12.7. The number of nitrogens with zero attached hydrogens (tertiary/aromatic N) is 2. The second-order valence-corrected chi connectivity index (χ2v) is 6.91. The molecule has 0 aliphatic heterocycles. The van der Waals surface area contributed by atoms with Crippen LogP contribution in [0.15, 0.2) is 36.4 Å². The van der Waals surface area contributed by atoms with E-state index in [1.807, 2.05) is 0 Å². The van der Waals surface area contributed by atoms with E-state index >= 15 is 0 Å². The highest BCUT2D eigenvalue weighted by molar-refractivity contribution is 6.33. The molecule has 0 spiro atoms. The standard InChI is InChI=1S/C21H28Cl2N2/c1-5-24(6-2)20-11-9-16(14-18(20)22)13-17-10-12-21(19(23)15-17)25(7-3)8-4/h9-12,14-15H,5-8,13H2,1-4H3. The zero-order valence-electron chi connectivity index (χ0n) is 15.6. The third-order valence-electron chi connectivity index (χ3n) is 4.64. The Hall–Kier alpha value is -1.38. The third-order valence-corrected chi connectivity index (χ3v) is 5.25. The number of benzene rings is 2. The number of hydrogen-bond acceptors (Lipinski definition) is 2. The van der Waals surface area contributed by atoms with Crippen LogP contribution in [0.1, 0.15) is 38.8 Å². The molecule has 2 aromatic carbocycles. The van der Waals surface area contributed by atoms with Gasteiger partial charge >= 0.3 is 0 Å². The van der Waals surface area contributed by atoms with Crippen LogP contribution >= 0.6 is 23.2 Å². The summed E-state index contributed by atoms with van der Waals surface area (Å²) in [6.07, 6.45) is 0.830. The summed E-state index contributed by atoms with van der Waals surface area (Å²) < 4.78 is 0. The van der Waals surface area contributed by atoms with Crippen LogP contribution in [0.25, 0.3) is 0 Å². The van der Waals surface area contributed by atoms with Gasteiger partial charge in [0.15, 0.2) is 0 Å². The second-order valence-electron chi connectivity index (χ2n) is 6.09. The van der Waals surface area contributed by atoms with Crippen molar-refractivity contribution in [1.82, 2.24) is 0 Å². The minimum Gasteiger partial charge on any atom is -0.371 e. The fourth-order valence-electron chi connectivity index (χ4n) is 3.20. The molecule has 0 aliphatic rings. The zero-order chi connectivity index (χ0) is 18.4. The highest BCUT2D eigenvalue weighted by Crippen LogP contribution is 2.30. The maximum absolute atomic E-state index is 6.51. The van der Waals surface area contributed by atoms with Gasteiger partial charge in [-0.05, 0) is 69.5 Å². The molecule has 136 valence electrons. The predicted molar refractivity (Wildman–Crippen MR) is 113 cm³/mol. The van der Waals surface area contributed by atoms with Crippen LogP contribution in [0.5, 0.6) is 0 Å². The van der Waals surface area contributed by atoms with Gasteiger partial charge < -0.3 is 9.80 Å². The Morgan fingerprint density at radius 2 is 1.00 bits per heavy atom. The van der Waals surface area contributed by atoms with Crippen LogP contribution in [0.3, 0.4) is 0 Å². The molecule has 0 atom stereocenters. The van der Waals surface area contributed by atoms with Crippen molar-refractivity contribution in [3.8, 4) is 0 Å². The Balaban J connectivity index is 2.20. The summed E-state index contributed by atoms with van der Waals surface area (Å²) in [4.78, 5) is 4.53. The molecule has 25 heavy (non-hydrogen) atoms. The van der Waals surface area contributed by atoms with Crippen LogP contribution < -0.4 is 9.80 Å². The lowest BCUT2D eigenvalue weighted by molar-refractivity contribution is 0.865. The molecule has 2 rings (SSSR count). The molecule has 0 fully saturated rings. The maximum atomic E-state index is 6.51. The first-order chi connectivity index (χ1) is 12.0. The molecule has 0 saturated heterocycles. The molecule has 0 aliphatic carbocycles. The molecule has 0 saturated carbocycles. The van der Waals surface area contributed by atoms with E-state index in [4.69, 9.17) is 23.2 Å². The van der Waals surface area contributed by atoms with Gasteiger partial charge in [0.25, 0.3) is 0 Å². The van der Waals surface area contributed by atoms with Crippen molar-refractivity contribution in [3.63, 3.8) is 0 Å². The lowest BCUT2D eigenvalue weighted by Gasteiger charge is -2.23. The SMILES string of the molecule is CCN(CC)c1ccc(Cc2ccc(N(CC)CC)c(Cl)c2)cc1Cl. The average molecular weight is 379 g/mol. The van der Waals surface area contributed by atoms with Crippen LogP contribution in [0.4, 0.5) is 11.4 Å². The van der Waals surface area contributed by atoms with Crippen molar-refractivity contribution < 1.29 is 0 Å². The molecule has 0 aromatic heterocycles. The highest BCUT2D eigenvalue weighted by atomic mass is 35.5. The number of rotatable bonds is 8. The molecule has 0 unspecified atom stereocenters. The molecule has 0 bridgehead atoms. The molecule has 0 N–H and O–H groups in total. The van der Waals surface area contributed by atoms with E-state index in [0.717, 1.165) is 54.0 Å². The van der Waals surface area contributed by atoms with Crippen molar-refractivity contribution in [3.05, 3.63) is 57.6 Å².